The molecule has 0 heterocycles. The van der Waals surface area contributed by atoms with Crippen molar-refractivity contribution in [1.82, 2.24) is 5.32 Å². The quantitative estimate of drug-likeness (QED) is 0.848. The molecule has 0 aliphatic carbocycles. The van der Waals surface area contributed by atoms with Crippen molar-refractivity contribution < 1.29 is 9.90 Å². The molecule has 1 unspecified atom stereocenters. The van der Waals surface area contributed by atoms with Crippen molar-refractivity contribution in [3.8, 4) is 0 Å². The normalized spacial score (nSPS) is 12.2. The molecule has 1 aromatic carbocycles. The summed E-state index contributed by atoms with van der Waals surface area (Å²) in [5.41, 5.74) is 2.14. The molecule has 18 heavy (non-hydrogen) atoms. The summed E-state index contributed by atoms with van der Waals surface area (Å²) in [5.74, 6) is 0.0146. The summed E-state index contributed by atoms with van der Waals surface area (Å²) in [5, 5.41) is 11.8. The third-order valence-corrected chi connectivity index (χ3v) is 3.48. The molecule has 1 amide bonds. The zero-order valence-electron chi connectivity index (χ0n) is 10.9. The standard InChI is InChI=1S/C14H20BrNO2/c1-3-13(6-7-17)16-14(18)9-11-4-5-12(15)8-10(11)2/h4-5,8,13,17H,3,6-7,9H2,1-2H3,(H,16,18). The molecule has 0 aromatic heterocycles. The van der Waals surface area contributed by atoms with Crippen molar-refractivity contribution >= 4 is 21.8 Å². The maximum Gasteiger partial charge on any atom is 0.224 e. The highest BCUT2D eigenvalue weighted by Gasteiger charge is 2.11. The molecule has 0 aliphatic heterocycles. The molecular weight excluding hydrogens is 294 g/mol. The maximum atomic E-state index is 11.9. The van der Waals surface area contributed by atoms with Crippen molar-refractivity contribution in [1.29, 1.82) is 0 Å². The SMILES string of the molecule is CCC(CCO)NC(=O)Cc1ccc(Br)cc1C. The monoisotopic (exact) mass is 313 g/mol. The fraction of sp³-hybridized carbons (Fsp3) is 0.500. The van der Waals surface area contributed by atoms with Gasteiger partial charge in [-0.3, -0.25) is 4.79 Å². The number of rotatable bonds is 6. The number of hydrogen-bond donors (Lipinski definition) is 2. The van der Waals surface area contributed by atoms with E-state index in [0.717, 1.165) is 22.0 Å². The molecule has 0 fully saturated rings. The second-order valence-corrected chi connectivity index (χ2v) is 5.35. The van der Waals surface area contributed by atoms with Crippen LogP contribution >= 0.6 is 15.9 Å². The lowest BCUT2D eigenvalue weighted by Gasteiger charge is -2.16. The molecule has 0 radical (unpaired) electrons. The van der Waals surface area contributed by atoms with Crippen LogP contribution in [0.1, 0.15) is 30.9 Å². The van der Waals surface area contributed by atoms with Gasteiger partial charge in [-0.2, -0.15) is 0 Å². The molecule has 2 N–H and O–H groups in total. The Balaban J connectivity index is 2.58. The van der Waals surface area contributed by atoms with E-state index < -0.39 is 0 Å². The van der Waals surface area contributed by atoms with E-state index >= 15 is 0 Å². The summed E-state index contributed by atoms with van der Waals surface area (Å²) in [6.07, 6.45) is 1.84. The highest BCUT2D eigenvalue weighted by atomic mass is 79.9. The Hall–Kier alpha value is -0.870. The van der Waals surface area contributed by atoms with Gasteiger partial charge in [0, 0.05) is 17.1 Å². The van der Waals surface area contributed by atoms with E-state index in [1.165, 1.54) is 0 Å². The lowest BCUT2D eigenvalue weighted by molar-refractivity contribution is -0.121. The number of halogens is 1. The highest BCUT2D eigenvalue weighted by Crippen LogP contribution is 2.16. The number of aryl methyl sites for hydroxylation is 1. The minimum Gasteiger partial charge on any atom is -0.396 e. The first-order chi connectivity index (χ1) is 8.56. The van der Waals surface area contributed by atoms with Crippen molar-refractivity contribution in [3.05, 3.63) is 33.8 Å². The molecule has 0 saturated carbocycles. The first-order valence-electron chi connectivity index (χ1n) is 6.22. The van der Waals surface area contributed by atoms with E-state index in [4.69, 9.17) is 5.11 Å². The lowest BCUT2D eigenvalue weighted by Crippen LogP contribution is -2.36. The molecule has 1 rings (SSSR count). The van der Waals surface area contributed by atoms with Gasteiger partial charge in [0.25, 0.3) is 0 Å². The summed E-state index contributed by atoms with van der Waals surface area (Å²) in [6.45, 7) is 4.11. The van der Waals surface area contributed by atoms with Crippen LogP contribution in [0.3, 0.4) is 0 Å². The maximum absolute atomic E-state index is 11.9. The second-order valence-electron chi connectivity index (χ2n) is 4.43. The van der Waals surface area contributed by atoms with Crippen LogP contribution in [0.2, 0.25) is 0 Å². The van der Waals surface area contributed by atoms with Crippen LogP contribution in [0, 0.1) is 6.92 Å². The van der Waals surface area contributed by atoms with Gasteiger partial charge >= 0.3 is 0 Å². The van der Waals surface area contributed by atoms with Crippen LogP contribution in [-0.4, -0.2) is 23.7 Å². The van der Waals surface area contributed by atoms with E-state index in [-0.39, 0.29) is 18.6 Å². The predicted octanol–water partition coefficient (Wildman–Crippen LogP) is 2.58. The Morgan fingerprint density at radius 3 is 2.78 bits per heavy atom. The molecule has 0 saturated heterocycles. The van der Waals surface area contributed by atoms with E-state index in [1.807, 2.05) is 32.0 Å². The summed E-state index contributed by atoms with van der Waals surface area (Å²) in [4.78, 5) is 11.9. The fourth-order valence-corrected chi connectivity index (χ4v) is 2.32. The smallest absolute Gasteiger partial charge is 0.224 e. The van der Waals surface area contributed by atoms with Crippen LogP contribution in [0.5, 0.6) is 0 Å². The number of amides is 1. The predicted molar refractivity (Wildman–Crippen MR) is 76.5 cm³/mol. The number of aliphatic hydroxyl groups is 1. The summed E-state index contributed by atoms with van der Waals surface area (Å²) < 4.78 is 1.02. The van der Waals surface area contributed by atoms with Crippen LogP contribution in [0.15, 0.2) is 22.7 Å². The molecule has 100 valence electrons. The Labute approximate surface area is 117 Å². The van der Waals surface area contributed by atoms with E-state index in [9.17, 15) is 4.79 Å². The third-order valence-electron chi connectivity index (χ3n) is 2.99. The van der Waals surface area contributed by atoms with Gasteiger partial charge in [-0.1, -0.05) is 28.9 Å². The van der Waals surface area contributed by atoms with Gasteiger partial charge in [0.1, 0.15) is 0 Å². The van der Waals surface area contributed by atoms with Gasteiger partial charge in [0.05, 0.1) is 6.42 Å². The number of hydrogen-bond acceptors (Lipinski definition) is 2. The van der Waals surface area contributed by atoms with Crippen LogP contribution in [0.25, 0.3) is 0 Å². The molecule has 0 aliphatic rings. The minimum absolute atomic E-state index is 0.0146. The largest absolute Gasteiger partial charge is 0.396 e. The Kier molecular flexibility index (Phi) is 6.36. The van der Waals surface area contributed by atoms with Crippen molar-refractivity contribution in [2.45, 2.75) is 39.2 Å². The van der Waals surface area contributed by atoms with E-state index in [0.29, 0.717) is 12.8 Å². The Morgan fingerprint density at radius 1 is 1.50 bits per heavy atom. The third kappa shape index (κ3) is 4.78. The van der Waals surface area contributed by atoms with Crippen molar-refractivity contribution in [3.63, 3.8) is 0 Å². The molecule has 3 nitrogen and oxygen atoms in total. The van der Waals surface area contributed by atoms with Gasteiger partial charge in [-0.25, -0.2) is 0 Å². The fourth-order valence-electron chi connectivity index (χ4n) is 1.84. The highest BCUT2D eigenvalue weighted by molar-refractivity contribution is 9.10. The van der Waals surface area contributed by atoms with E-state index in [1.54, 1.807) is 0 Å². The zero-order valence-corrected chi connectivity index (χ0v) is 12.5. The van der Waals surface area contributed by atoms with Gasteiger partial charge in [0.2, 0.25) is 5.91 Å². The molecule has 1 atom stereocenters. The molecule has 0 bridgehead atoms. The average molecular weight is 314 g/mol. The molecule has 0 spiro atoms. The van der Waals surface area contributed by atoms with Crippen LogP contribution in [-0.2, 0) is 11.2 Å². The molecule has 4 heteroatoms. The zero-order chi connectivity index (χ0) is 13.5. The first-order valence-corrected chi connectivity index (χ1v) is 7.01. The molecule has 1 aromatic rings. The topological polar surface area (TPSA) is 49.3 Å². The number of nitrogens with one attached hydrogen (secondary N) is 1. The minimum atomic E-state index is 0.0146. The molecular formula is C14H20BrNO2. The van der Waals surface area contributed by atoms with Gasteiger partial charge in [-0.05, 0) is 43.0 Å². The van der Waals surface area contributed by atoms with Gasteiger partial charge in [0.15, 0.2) is 0 Å². The number of aliphatic hydroxyl groups excluding tert-OH is 1. The summed E-state index contributed by atoms with van der Waals surface area (Å²) >= 11 is 3.41. The Bertz CT molecular complexity index is 407. The number of carbonyl (C=O) groups excluding carboxylic acids is 1. The van der Waals surface area contributed by atoms with Gasteiger partial charge < -0.3 is 10.4 Å². The van der Waals surface area contributed by atoms with Crippen molar-refractivity contribution in [2.24, 2.45) is 0 Å². The van der Waals surface area contributed by atoms with Gasteiger partial charge in [-0.15, -0.1) is 0 Å². The second kappa shape index (κ2) is 7.54. The number of carbonyl (C=O) groups is 1. The first kappa shape index (κ1) is 15.2. The lowest BCUT2D eigenvalue weighted by atomic mass is 10.0. The van der Waals surface area contributed by atoms with Crippen molar-refractivity contribution in [2.75, 3.05) is 6.61 Å². The summed E-state index contributed by atoms with van der Waals surface area (Å²) in [6, 6.07) is 5.98. The van der Waals surface area contributed by atoms with Crippen LogP contribution < -0.4 is 5.32 Å². The number of benzene rings is 1. The van der Waals surface area contributed by atoms with Crippen LogP contribution in [0.4, 0.5) is 0 Å². The average Bonchev–Trinajstić information content (AvgIpc) is 2.32. The van der Waals surface area contributed by atoms with E-state index in [2.05, 4.69) is 21.2 Å². The Morgan fingerprint density at radius 2 is 2.22 bits per heavy atom. The summed E-state index contributed by atoms with van der Waals surface area (Å²) in [7, 11) is 0.